The van der Waals surface area contributed by atoms with E-state index in [1.807, 2.05) is 97.9 Å². The lowest BCUT2D eigenvalue weighted by Gasteiger charge is -2.37. The zero-order valence-electron chi connectivity index (χ0n) is 24.6. The topological polar surface area (TPSA) is 82.6 Å². The molecule has 4 aromatic rings. The Kier molecular flexibility index (Phi) is 10.0. The van der Waals surface area contributed by atoms with E-state index in [9.17, 15) is 22.8 Å². The Hall–Kier alpha value is -4.43. The lowest BCUT2D eigenvalue weighted by Crippen LogP contribution is -2.39. The van der Waals surface area contributed by atoms with Crippen LogP contribution in [0.3, 0.4) is 0 Å². The molecule has 1 fully saturated rings. The fraction of sp³-hybridized carbons (Fsp3) is 0.314. The lowest BCUT2D eigenvalue weighted by atomic mass is 9.80. The first-order chi connectivity index (χ1) is 21.7. The minimum Gasteiger partial charge on any atom is -0.363 e. The Bertz CT molecular complexity index is 1630. The molecule has 1 N–H and O–H groups in total. The molecule has 0 amide bonds. The van der Waals surface area contributed by atoms with Crippen LogP contribution in [0.4, 0.5) is 13.2 Å². The van der Waals surface area contributed by atoms with Gasteiger partial charge in [0.05, 0.1) is 12.7 Å². The maximum Gasteiger partial charge on any atom is 0.423 e. The van der Waals surface area contributed by atoms with Gasteiger partial charge in [-0.1, -0.05) is 104 Å². The SMILES string of the molecule is CCCC#CCO[C@H]1C[C@H](n2cc(C(F)(F)F)c(=O)[nH]c2=O)O[C@@H]1COC(c1ccccc1)(c1ccccc1)c1ccccc1. The number of ether oxygens (including phenoxy) is 3. The molecule has 234 valence electrons. The van der Waals surface area contributed by atoms with Crippen molar-refractivity contribution in [3.8, 4) is 11.8 Å². The molecule has 1 saturated heterocycles. The zero-order valence-corrected chi connectivity index (χ0v) is 24.6. The second-order valence-electron chi connectivity index (χ2n) is 10.6. The average molecular weight is 619 g/mol. The highest BCUT2D eigenvalue weighted by atomic mass is 19.4. The van der Waals surface area contributed by atoms with Gasteiger partial charge in [-0.25, -0.2) is 4.79 Å². The summed E-state index contributed by atoms with van der Waals surface area (Å²) < 4.78 is 60.6. The Morgan fingerprint density at radius 2 is 1.44 bits per heavy atom. The molecular weight excluding hydrogens is 585 g/mol. The van der Waals surface area contributed by atoms with Crippen LogP contribution in [-0.2, 0) is 26.0 Å². The number of hydrogen-bond acceptors (Lipinski definition) is 5. The van der Waals surface area contributed by atoms with Gasteiger partial charge in [0.25, 0.3) is 5.56 Å². The van der Waals surface area contributed by atoms with Crippen LogP contribution in [0, 0.1) is 11.8 Å². The second kappa shape index (κ2) is 14.1. The number of unbranched alkanes of at least 4 members (excludes halogenated alkanes) is 1. The van der Waals surface area contributed by atoms with Crippen LogP contribution in [0.5, 0.6) is 0 Å². The Labute approximate surface area is 258 Å². The molecule has 2 heterocycles. The monoisotopic (exact) mass is 618 g/mol. The van der Waals surface area contributed by atoms with Crippen molar-refractivity contribution in [1.82, 2.24) is 9.55 Å². The predicted octanol–water partition coefficient (Wildman–Crippen LogP) is 6.04. The molecule has 45 heavy (non-hydrogen) atoms. The fourth-order valence-electron chi connectivity index (χ4n) is 5.49. The van der Waals surface area contributed by atoms with Crippen LogP contribution in [-0.4, -0.2) is 35.0 Å². The number of nitrogens with one attached hydrogen (secondary N) is 1. The molecular formula is C35H33F3N2O5. The van der Waals surface area contributed by atoms with Crippen molar-refractivity contribution in [2.24, 2.45) is 0 Å². The van der Waals surface area contributed by atoms with E-state index in [-0.39, 0.29) is 19.6 Å². The van der Waals surface area contributed by atoms with Gasteiger partial charge in [-0.3, -0.25) is 14.3 Å². The van der Waals surface area contributed by atoms with Crippen LogP contribution in [0.1, 0.15) is 54.7 Å². The van der Waals surface area contributed by atoms with Gasteiger partial charge < -0.3 is 14.2 Å². The summed E-state index contributed by atoms with van der Waals surface area (Å²) in [7, 11) is 0. The summed E-state index contributed by atoms with van der Waals surface area (Å²) in [5.74, 6) is 5.96. The Morgan fingerprint density at radius 3 is 1.96 bits per heavy atom. The minimum absolute atomic E-state index is 0.0295. The van der Waals surface area contributed by atoms with E-state index in [1.54, 1.807) is 4.98 Å². The molecule has 7 nitrogen and oxygen atoms in total. The van der Waals surface area contributed by atoms with Crippen LogP contribution >= 0.6 is 0 Å². The number of alkyl halides is 3. The molecule has 10 heteroatoms. The maximum atomic E-state index is 13.6. The summed E-state index contributed by atoms with van der Waals surface area (Å²) in [4.78, 5) is 26.4. The first-order valence-electron chi connectivity index (χ1n) is 14.7. The third kappa shape index (κ3) is 7.12. The molecule has 1 aromatic heterocycles. The van der Waals surface area contributed by atoms with Gasteiger partial charge in [-0.05, 0) is 23.1 Å². The number of aromatic amines is 1. The van der Waals surface area contributed by atoms with Crippen molar-refractivity contribution in [1.29, 1.82) is 0 Å². The van der Waals surface area contributed by atoms with Gasteiger partial charge in [0.1, 0.15) is 30.1 Å². The molecule has 0 bridgehead atoms. The van der Waals surface area contributed by atoms with Gasteiger partial charge in [-0.15, -0.1) is 5.92 Å². The normalized spacial score (nSPS) is 18.4. The molecule has 3 atom stereocenters. The zero-order chi connectivity index (χ0) is 31.9. The van der Waals surface area contributed by atoms with E-state index >= 15 is 0 Å². The van der Waals surface area contributed by atoms with Crippen molar-refractivity contribution < 1.29 is 27.4 Å². The predicted molar refractivity (Wildman–Crippen MR) is 162 cm³/mol. The van der Waals surface area contributed by atoms with E-state index in [0.717, 1.165) is 27.7 Å². The van der Waals surface area contributed by atoms with Gasteiger partial charge in [0.2, 0.25) is 0 Å². The third-order valence-electron chi connectivity index (χ3n) is 7.64. The molecule has 1 aliphatic rings. The number of rotatable bonds is 10. The summed E-state index contributed by atoms with van der Waals surface area (Å²) in [5, 5.41) is 0. The van der Waals surface area contributed by atoms with Crippen molar-refractivity contribution >= 4 is 0 Å². The lowest BCUT2D eigenvalue weighted by molar-refractivity contribution is -0.140. The molecule has 0 radical (unpaired) electrons. The minimum atomic E-state index is -4.96. The Balaban J connectivity index is 1.52. The molecule has 1 aliphatic heterocycles. The number of hydrogen-bond donors (Lipinski definition) is 1. The van der Waals surface area contributed by atoms with E-state index < -0.39 is 47.0 Å². The summed E-state index contributed by atoms with van der Waals surface area (Å²) in [6.45, 7) is 2.02. The number of benzene rings is 3. The number of halogens is 3. The summed E-state index contributed by atoms with van der Waals surface area (Å²) >= 11 is 0. The number of aromatic nitrogens is 2. The average Bonchev–Trinajstić information content (AvgIpc) is 3.44. The Morgan fingerprint density at radius 1 is 0.889 bits per heavy atom. The molecule has 3 aromatic carbocycles. The fourth-order valence-corrected chi connectivity index (χ4v) is 5.49. The largest absolute Gasteiger partial charge is 0.423 e. The standard InChI is InChI=1S/C35H33F3N2O5/c1-2-3-4-14-21-43-29-22-31(40-23-28(35(36,37)38)32(41)39-33(40)42)45-30(29)24-44-34(25-15-8-5-9-16-25,26-17-10-6-11-18-26)27-19-12-7-13-20-27/h5-13,15-20,23,29-31H,2-3,21-22,24H2,1H3,(H,39,41,42)/t29-,30+,31+/m0/s1. The van der Waals surface area contributed by atoms with Crippen LogP contribution in [0.2, 0.25) is 0 Å². The van der Waals surface area contributed by atoms with E-state index in [0.29, 0.717) is 12.6 Å². The smallest absolute Gasteiger partial charge is 0.363 e. The third-order valence-corrected chi connectivity index (χ3v) is 7.64. The van der Waals surface area contributed by atoms with Crippen molar-refractivity contribution in [2.75, 3.05) is 13.2 Å². The highest BCUT2D eigenvalue weighted by Crippen LogP contribution is 2.42. The van der Waals surface area contributed by atoms with Gasteiger partial charge >= 0.3 is 11.9 Å². The number of H-pyrrole nitrogens is 1. The highest BCUT2D eigenvalue weighted by Gasteiger charge is 2.43. The summed E-state index contributed by atoms with van der Waals surface area (Å²) in [5.41, 5.74) is -2.56. The first kappa shape index (κ1) is 32.0. The second-order valence-corrected chi connectivity index (χ2v) is 10.6. The van der Waals surface area contributed by atoms with Gasteiger partial charge in [0.15, 0.2) is 0 Å². The van der Waals surface area contributed by atoms with E-state index in [4.69, 9.17) is 14.2 Å². The summed E-state index contributed by atoms with van der Waals surface area (Å²) in [6.07, 6.45) is -5.49. The van der Waals surface area contributed by atoms with Crippen LogP contribution in [0.25, 0.3) is 0 Å². The van der Waals surface area contributed by atoms with Crippen molar-refractivity contribution in [3.63, 3.8) is 0 Å². The van der Waals surface area contributed by atoms with Crippen molar-refractivity contribution in [2.45, 2.75) is 56.4 Å². The molecule has 0 unspecified atom stereocenters. The molecule has 0 aliphatic carbocycles. The van der Waals surface area contributed by atoms with Gasteiger partial charge in [-0.2, -0.15) is 13.2 Å². The first-order valence-corrected chi connectivity index (χ1v) is 14.7. The number of nitrogens with zero attached hydrogens (tertiary/aromatic N) is 1. The maximum absolute atomic E-state index is 13.6. The highest BCUT2D eigenvalue weighted by molar-refractivity contribution is 5.47. The molecule has 0 saturated carbocycles. The molecule has 0 spiro atoms. The van der Waals surface area contributed by atoms with E-state index in [1.165, 1.54) is 0 Å². The van der Waals surface area contributed by atoms with Crippen molar-refractivity contribution in [3.05, 3.63) is 140 Å². The quantitative estimate of drug-likeness (QED) is 0.173. The van der Waals surface area contributed by atoms with E-state index in [2.05, 4.69) is 11.8 Å². The van der Waals surface area contributed by atoms with Crippen LogP contribution < -0.4 is 11.2 Å². The summed E-state index contributed by atoms with van der Waals surface area (Å²) in [6, 6.07) is 29.1. The van der Waals surface area contributed by atoms with Gasteiger partial charge in [0, 0.05) is 19.0 Å². The molecule has 5 rings (SSSR count). The van der Waals surface area contributed by atoms with Crippen LogP contribution in [0.15, 0.2) is 107 Å².